The molecule has 1 aromatic rings. The van der Waals surface area contributed by atoms with Crippen molar-refractivity contribution in [1.29, 1.82) is 0 Å². The maximum absolute atomic E-state index is 11.4. The van der Waals surface area contributed by atoms with Gasteiger partial charge >= 0.3 is 0 Å². The summed E-state index contributed by atoms with van der Waals surface area (Å²) in [6.45, 7) is 1.93. The van der Waals surface area contributed by atoms with Crippen LogP contribution in [-0.2, 0) is 4.79 Å². The largest absolute Gasteiger partial charge is 0.317 e. The molecule has 2 rings (SSSR count). The first kappa shape index (κ1) is 13.6. The number of benzene rings is 1. The molecule has 2 N–H and O–H groups in total. The Labute approximate surface area is 115 Å². The smallest absolute Gasteiger partial charge is 0.283 e. The molecule has 19 heavy (non-hydrogen) atoms. The van der Waals surface area contributed by atoms with E-state index < -0.39 is 0 Å². The minimum Gasteiger partial charge on any atom is -0.317 e. The number of nitrogens with one attached hydrogen (secondary N) is 2. The number of thioether (sulfide) groups is 1. The van der Waals surface area contributed by atoms with Crippen LogP contribution in [0.4, 0.5) is 10.5 Å². The first-order valence-electron chi connectivity index (χ1n) is 6.08. The molecule has 0 saturated heterocycles. The molecule has 2 amide bonds. The third kappa shape index (κ3) is 3.82. The molecule has 0 bridgehead atoms. The molecule has 100 valence electrons. The number of carbonyl (C=O) groups excluding carboxylic acids is 2. The topological polar surface area (TPSA) is 70.6 Å². The predicted octanol–water partition coefficient (Wildman–Crippen LogP) is 2.59. The Balaban J connectivity index is 2.02. The highest BCUT2D eigenvalue weighted by atomic mass is 32.2. The van der Waals surface area contributed by atoms with Crippen molar-refractivity contribution in [1.82, 2.24) is 5.43 Å². The van der Waals surface area contributed by atoms with Crippen molar-refractivity contribution in [3.05, 3.63) is 29.8 Å². The van der Waals surface area contributed by atoms with Crippen LogP contribution in [0.2, 0.25) is 0 Å². The lowest BCUT2D eigenvalue weighted by Crippen LogP contribution is -2.25. The van der Waals surface area contributed by atoms with Crippen LogP contribution in [0.3, 0.4) is 0 Å². The molecule has 0 atom stereocenters. The third-order valence-corrected chi connectivity index (χ3v) is 3.30. The van der Waals surface area contributed by atoms with Crippen molar-refractivity contribution in [2.45, 2.75) is 19.8 Å². The van der Waals surface area contributed by atoms with Gasteiger partial charge < -0.3 is 5.32 Å². The van der Waals surface area contributed by atoms with Gasteiger partial charge in [-0.3, -0.25) is 9.59 Å². The summed E-state index contributed by atoms with van der Waals surface area (Å²) >= 11 is 1.24. The van der Waals surface area contributed by atoms with Gasteiger partial charge in [-0.25, -0.2) is 5.43 Å². The van der Waals surface area contributed by atoms with Crippen LogP contribution >= 0.6 is 11.8 Å². The van der Waals surface area contributed by atoms with Gasteiger partial charge in [0.1, 0.15) is 0 Å². The summed E-state index contributed by atoms with van der Waals surface area (Å²) in [4.78, 5) is 22.4. The minimum atomic E-state index is -0.0579. The molecule has 6 heteroatoms. The van der Waals surface area contributed by atoms with Crippen LogP contribution in [0.1, 0.15) is 25.3 Å². The molecule has 1 aliphatic heterocycles. The Morgan fingerprint density at radius 2 is 2.11 bits per heavy atom. The van der Waals surface area contributed by atoms with E-state index in [1.165, 1.54) is 11.8 Å². The van der Waals surface area contributed by atoms with Crippen molar-refractivity contribution in [3.63, 3.8) is 0 Å². The fraction of sp³-hybridized carbons (Fsp3) is 0.308. The first-order valence-corrected chi connectivity index (χ1v) is 7.07. The zero-order valence-electron chi connectivity index (χ0n) is 10.6. The number of amides is 2. The fourth-order valence-electron chi connectivity index (χ4n) is 1.71. The minimum absolute atomic E-state index is 0.0516. The lowest BCUT2D eigenvalue weighted by Gasteiger charge is -2.12. The lowest BCUT2D eigenvalue weighted by molar-refractivity contribution is -0.121. The summed E-state index contributed by atoms with van der Waals surface area (Å²) in [6, 6.07) is 7.45. The van der Waals surface area contributed by atoms with Gasteiger partial charge in [-0.1, -0.05) is 30.8 Å². The highest BCUT2D eigenvalue weighted by Gasteiger charge is 2.13. The quantitative estimate of drug-likeness (QED) is 0.892. The van der Waals surface area contributed by atoms with E-state index in [9.17, 15) is 9.59 Å². The van der Waals surface area contributed by atoms with Crippen LogP contribution in [0.25, 0.3) is 0 Å². The van der Waals surface area contributed by atoms with E-state index in [1.54, 1.807) is 0 Å². The Morgan fingerprint density at radius 1 is 1.37 bits per heavy atom. The van der Waals surface area contributed by atoms with E-state index >= 15 is 0 Å². The molecule has 1 aliphatic rings. The molecule has 1 aromatic carbocycles. The van der Waals surface area contributed by atoms with E-state index in [0.717, 1.165) is 22.7 Å². The molecule has 0 radical (unpaired) electrons. The number of hydrazone groups is 1. The Morgan fingerprint density at radius 3 is 2.68 bits per heavy atom. The van der Waals surface area contributed by atoms with Crippen molar-refractivity contribution in [3.8, 4) is 0 Å². The molecule has 0 spiro atoms. The molecule has 0 aliphatic carbocycles. The summed E-state index contributed by atoms with van der Waals surface area (Å²) in [7, 11) is 0. The van der Waals surface area contributed by atoms with Crippen LogP contribution in [0, 0.1) is 0 Å². The second kappa shape index (κ2) is 6.38. The van der Waals surface area contributed by atoms with Crippen LogP contribution < -0.4 is 10.7 Å². The summed E-state index contributed by atoms with van der Waals surface area (Å²) in [5.74, 6) is 0.699. The number of anilines is 1. The molecule has 0 unspecified atom stereocenters. The predicted molar refractivity (Wildman–Crippen MR) is 77.5 cm³/mol. The number of rotatable bonds is 3. The van der Waals surface area contributed by atoms with Gasteiger partial charge in [0.25, 0.3) is 5.24 Å². The van der Waals surface area contributed by atoms with Gasteiger partial charge in [0, 0.05) is 18.5 Å². The molecule has 5 nitrogen and oxygen atoms in total. The van der Waals surface area contributed by atoms with E-state index in [4.69, 9.17) is 0 Å². The first-order chi connectivity index (χ1) is 9.19. The van der Waals surface area contributed by atoms with E-state index in [2.05, 4.69) is 15.8 Å². The fourth-order valence-corrected chi connectivity index (χ4v) is 2.17. The zero-order valence-corrected chi connectivity index (χ0v) is 11.4. The molecule has 1 heterocycles. The van der Waals surface area contributed by atoms with E-state index in [1.807, 2.05) is 31.2 Å². The molecular weight excluding hydrogens is 262 g/mol. The summed E-state index contributed by atoms with van der Waals surface area (Å²) in [6.07, 6.45) is 1.10. The van der Waals surface area contributed by atoms with Crippen LogP contribution in [0.15, 0.2) is 29.4 Å². The van der Waals surface area contributed by atoms with E-state index in [0.29, 0.717) is 12.8 Å². The summed E-state index contributed by atoms with van der Waals surface area (Å²) < 4.78 is 0. The van der Waals surface area contributed by atoms with Crippen LogP contribution in [0.5, 0.6) is 0 Å². The second-order valence-electron chi connectivity index (χ2n) is 4.02. The average molecular weight is 277 g/mol. The number of carbonyl (C=O) groups is 2. The standard InChI is InChI=1S/C13H15N3O2S/c1-2-19-13(18)14-10-5-3-9(4-6-10)11-7-8-12(17)16-15-11/h3-6H,2,7-8H2,1H3,(H,14,18)(H,16,17). The van der Waals surface area contributed by atoms with Gasteiger partial charge in [-0.2, -0.15) is 5.10 Å². The Bertz CT molecular complexity index is 511. The molecular formula is C13H15N3O2S. The molecule has 0 saturated carbocycles. The average Bonchev–Trinajstić information content (AvgIpc) is 2.41. The van der Waals surface area contributed by atoms with Gasteiger partial charge in [-0.15, -0.1) is 0 Å². The normalized spacial score (nSPS) is 14.6. The third-order valence-electron chi connectivity index (χ3n) is 2.64. The summed E-state index contributed by atoms with van der Waals surface area (Å²) in [5.41, 5.74) is 5.05. The maximum Gasteiger partial charge on any atom is 0.283 e. The molecule has 0 fully saturated rings. The van der Waals surface area contributed by atoms with Gasteiger partial charge in [0.2, 0.25) is 5.91 Å². The van der Waals surface area contributed by atoms with Crippen molar-refractivity contribution in [2.24, 2.45) is 5.10 Å². The number of nitrogens with zero attached hydrogens (tertiary/aromatic N) is 1. The SMILES string of the molecule is CCSC(=O)Nc1ccc(C2=NNC(=O)CC2)cc1. The van der Waals surface area contributed by atoms with Crippen molar-refractivity contribution < 1.29 is 9.59 Å². The Kier molecular flexibility index (Phi) is 4.57. The molecule has 0 aromatic heterocycles. The van der Waals surface area contributed by atoms with Crippen molar-refractivity contribution in [2.75, 3.05) is 11.1 Å². The van der Waals surface area contributed by atoms with Gasteiger partial charge in [0.15, 0.2) is 0 Å². The second-order valence-corrected chi connectivity index (χ2v) is 5.25. The monoisotopic (exact) mass is 277 g/mol. The Hall–Kier alpha value is -1.82. The van der Waals surface area contributed by atoms with Gasteiger partial charge in [0.05, 0.1) is 5.71 Å². The highest BCUT2D eigenvalue weighted by molar-refractivity contribution is 8.13. The highest BCUT2D eigenvalue weighted by Crippen LogP contribution is 2.15. The van der Waals surface area contributed by atoms with Crippen LogP contribution in [-0.4, -0.2) is 22.6 Å². The van der Waals surface area contributed by atoms with Gasteiger partial charge in [-0.05, 0) is 23.4 Å². The summed E-state index contributed by atoms with van der Waals surface area (Å²) in [5, 5.41) is 6.76. The van der Waals surface area contributed by atoms with Crippen molar-refractivity contribution >= 4 is 34.3 Å². The number of hydrogen-bond donors (Lipinski definition) is 2. The number of hydrogen-bond acceptors (Lipinski definition) is 4. The zero-order chi connectivity index (χ0) is 13.7. The van der Waals surface area contributed by atoms with E-state index in [-0.39, 0.29) is 11.1 Å². The lowest BCUT2D eigenvalue weighted by atomic mass is 10.0. The maximum atomic E-state index is 11.4.